The molecule has 0 spiro atoms. The van der Waals surface area contributed by atoms with Crippen LogP contribution in [0, 0.1) is 0 Å². The summed E-state index contributed by atoms with van der Waals surface area (Å²) in [5.74, 6) is 0. The average Bonchev–Trinajstić information content (AvgIpc) is 1.99. The Morgan fingerprint density at radius 2 is 0.500 bits per heavy atom. The van der Waals surface area contributed by atoms with E-state index in [2.05, 4.69) is 110 Å². The molecule has 0 aliphatic carbocycles. The van der Waals surface area contributed by atoms with Crippen LogP contribution in [0.2, 0.25) is 98.2 Å². The largest absolute Gasteiger partial charge is 0.346 e. The monoisotopic (exact) mass is 435 g/mol. The van der Waals surface area contributed by atoms with Crippen LogP contribution in [0.4, 0.5) is 0 Å². The van der Waals surface area contributed by atoms with Gasteiger partial charge in [0.05, 0.1) is 0 Å². The zero-order valence-electron chi connectivity index (χ0n) is 19.3. The molecular weight excluding hydrogens is 391 g/mol. The minimum Gasteiger partial charge on any atom is -0.346 e. The van der Waals surface area contributed by atoms with Gasteiger partial charge in [0.25, 0.3) is 0 Å². The lowest BCUT2D eigenvalue weighted by Gasteiger charge is -2.75. The topological polar surface area (TPSA) is 9.72 Å². The lowest BCUT2D eigenvalue weighted by molar-refractivity contribution is 0.616. The lowest BCUT2D eigenvalue weighted by atomic mass is 11.8. The molecule has 1 rings (SSSR count). The van der Waals surface area contributed by atoms with Gasteiger partial charge in [-0.25, -0.2) is 0 Å². The predicted molar refractivity (Wildman–Crippen MR) is 128 cm³/mol. The fourth-order valence-electron chi connectivity index (χ4n) is 7.23. The Kier molecular flexibility index (Phi) is 5.90. The van der Waals surface area contributed by atoms with Crippen LogP contribution < -0.4 is 0 Å². The van der Waals surface area contributed by atoms with E-state index in [4.69, 9.17) is 0 Å². The predicted octanol–water partition coefficient (Wildman–Crippen LogP) is 5.52. The van der Waals surface area contributed by atoms with E-state index in [0.29, 0.717) is 0 Å². The molecule has 0 saturated carbocycles. The van der Waals surface area contributed by atoms with Gasteiger partial charge < -0.3 is 11.7 Å². The van der Waals surface area contributed by atoms with Crippen LogP contribution >= 0.6 is 0 Å². The zero-order valence-corrected chi connectivity index (χ0v) is 25.3. The summed E-state index contributed by atoms with van der Waals surface area (Å²) in [4.78, 5) is 0. The highest BCUT2D eigenvalue weighted by Gasteiger charge is 2.67. The number of hydrogen-bond donors (Lipinski definition) is 0. The van der Waals surface area contributed by atoms with Crippen LogP contribution in [0.15, 0.2) is 0 Å². The molecule has 1 fully saturated rings. The van der Waals surface area contributed by atoms with Crippen LogP contribution in [-0.4, -0.2) is 61.6 Å². The highest BCUT2D eigenvalue weighted by atomic mass is 28.6. The van der Waals surface area contributed by atoms with Gasteiger partial charge >= 0.3 is 0 Å². The summed E-state index contributed by atoms with van der Waals surface area (Å²) >= 11 is 0. The van der Waals surface area contributed by atoms with Crippen molar-refractivity contribution in [2.24, 2.45) is 0 Å². The van der Waals surface area contributed by atoms with E-state index in [1.54, 1.807) is 0 Å². The molecule has 9 heteroatoms. The number of rotatable bonds is 3. The smallest absolute Gasteiger partial charge is 0.175 e. The summed E-state index contributed by atoms with van der Waals surface area (Å²) in [6.45, 7) is 39.5. The molecule has 1 heterocycles. The SMILES string of the molecule is C[Si](C)(C)N1[Si](C)(C)N([Si](C)(C)C)[Si](C)(C)N([Si](C)(C)C)[Si]1(C)C. The maximum atomic E-state index is 3.22. The standard InChI is InChI=1S/C15H45N3Si6/c1-19(2,3)16-22(10,11)17(20(4,5)6)24(14,15)18(21(7,8)9)23(16,12)13/h1-15H3. The van der Waals surface area contributed by atoms with Crippen molar-refractivity contribution in [1.82, 2.24) is 11.7 Å². The first-order valence-corrected chi connectivity index (χ1v) is 28.5. The van der Waals surface area contributed by atoms with E-state index in [-0.39, 0.29) is 0 Å². The lowest BCUT2D eigenvalue weighted by Crippen LogP contribution is -2.97. The molecule has 0 atom stereocenters. The third-order valence-corrected chi connectivity index (χ3v) is 47.7. The highest BCUT2D eigenvalue weighted by molar-refractivity contribution is 7.20. The quantitative estimate of drug-likeness (QED) is 0.540. The molecule has 1 saturated heterocycles. The minimum atomic E-state index is -1.62. The molecule has 0 aromatic heterocycles. The first kappa shape index (κ1) is 23.2. The van der Waals surface area contributed by atoms with Gasteiger partial charge in [0.15, 0.2) is 25.2 Å². The first-order chi connectivity index (χ1) is 10.1. The molecule has 0 aromatic rings. The van der Waals surface area contributed by atoms with Crippen molar-refractivity contribution in [2.45, 2.75) is 98.2 Å². The van der Waals surface area contributed by atoms with Crippen molar-refractivity contribution in [3.8, 4) is 0 Å². The molecule has 0 bridgehead atoms. The Bertz CT molecular complexity index is 396. The molecule has 3 nitrogen and oxygen atoms in total. The van der Waals surface area contributed by atoms with Gasteiger partial charge in [-0.1, -0.05) is 58.9 Å². The fraction of sp³-hybridized carbons (Fsp3) is 1.00. The van der Waals surface area contributed by atoms with Gasteiger partial charge in [-0.15, -0.1) is 0 Å². The van der Waals surface area contributed by atoms with E-state index in [0.717, 1.165) is 0 Å². The molecule has 0 unspecified atom stereocenters. The van der Waals surface area contributed by atoms with Crippen molar-refractivity contribution in [3.63, 3.8) is 0 Å². The first-order valence-electron chi connectivity index (χ1n) is 9.51. The van der Waals surface area contributed by atoms with Gasteiger partial charge in [-0.3, -0.25) is 0 Å². The van der Waals surface area contributed by atoms with E-state index < -0.39 is 49.9 Å². The molecule has 0 N–H and O–H groups in total. The van der Waals surface area contributed by atoms with Crippen LogP contribution in [0.3, 0.4) is 0 Å². The van der Waals surface area contributed by atoms with Gasteiger partial charge in [0.2, 0.25) is 0 Å². The molecule has 0 amide bonds. The zero-order chi connectivity index (χ0) is 19.7. The molecule has 24 heavy (non-hydrogen) atoms. The van der Waals surface area contributed by atoms with E-state index >= 15 is 0 Å². The highest BCUT2D eigenvalue weighted by Crippen LogP contribution is 2.46. The maximum Gasteiger partial charge on any atom is 0.175 e. The van der Waals surface area contributed by atoms with Crippen LogP contribution in [0.5, 0.6) is 0 Å². The van der Waals surface area contributed by atoms with E-state index in [1.165, 1.54) is 0 Å². The Hall–Kier alpha value is 1.18. The van der Waals surface area contributed by atoms with Gasteiger partial charge in [0.1, 0.15) is 24.7 Å². The van der Waals surface area contributed by atoms with Crippen LogP contribution in [0.1, 0.15) is 0 Å². The second kappa shape index (κ2) is 6.09. The molecule has 1 aliphatic heterocycles. The number of hydrogen-bond acceptors (Lipinski definition) is 3. The summed E-state index contributed by atoms with van der Waals surface area (Å²) in [7, 11) is -9.02. The Morgan fingerprint density at radius 3 is 0.583 bits per heavy atom. The number of nitrogens with zero attached hydrogens (tertiary/aromatic N) is 3. The maximum absolute atomic E-state index is 3.22. The normalized spacial score (nSPS) is 26.6. The summed E-state index contributed by atoms with van der Waals surface area (Å²) in [6.07, 6.45) is 0. The summed E-state index contributed by atoms with van der Waals surface area (Å²) in [6, 6.07) is 0. The molecule has 1 aliphatic rings. The minimum absolute atomic E-state index is 1.39. The van der Waals surface area contributed by atoms with Crippen molar-refractivity contribution < 1.29 is 0 Å². The van der Waals surface area contributed by atoms with Crippen molar-refractivity contribution in [2.75, 3.05) is 0 Å². The average molecular weight is 436 g/mol. The Balaban J connectivity index is 3.85. The van der Waals surface area contributed by atoms with Gasteiger partial charge in [-0.2, -0.15) is 0 Å². The fourth-order valence-corrected chi connectivity index (χ4v) is 70.5. The second-order valence-electron chi connectivity index (χ2n) is 12.0. The van der Waals surface area contributed by atoms with Crippen LogP contribution in [-0.2, 0) is 0 Å². The molecule has 144 valence electrons. The Morgan fingerprint density at radius 1 is 0.375 bits per heavy atom. The Labute approximate surface area is 159 Å². The van der Waals surface area contributed by atoms with Crippen molar-refractivity contribution in [1.29, 1.82) is 0 Å². The molecule has 0 radical (unpaired) electrons. The van der Waals surface area contributed by atoms with Crippen molar-refractivity contribution in [3.05, 3.63) is 0 Å². The second-order valence-corrected chi connectivity index (χ2v) is 42.0. The third kappa shape index (κ3) is 3.75. The molecule has 0 aromatic carbocycles. The summed E-state index contributed by atoms with van der Waals surface area (Å²) in [5, 5.41) is 0. The van der Waals surface area contributed by atoms with Gasteiger partial charge in [0, 0.05) is 0 Å². The third-order valence-electron chi connectivity index (χ3n) is 5.30. The van der Waals surface area contributed by atoms with Crippen molar-refractivity contribution >= 4 is 49.9 Å². The summed E-state index contributed by atoms with van der Waals surface area (Å²) in [5.41, 5.74) is 0. The van der Waals surface area contributed by atoms with Gasteiger partial charge in [-0.05, 0) is 39.3 Å². The molecular formula is C15H45N3Si6. The van der Waals surface area contributed by atoms with E-state index in [1.807, 2.05) is 0 Å². The van der Waals surface area contributed by atoms with E-state index in [9.17, 15) is 0 Å². The summed E-state index contributed by atoms with van der Waals surface area (Å²) < 4.78 is 9.67. The van der Waals surface area contributed by atoms with Crippen LogP contribution in [0.25, 0.3) is 0 Å².